The van der Waals surface area contributed by atoms with Crippen LogP contribution in [0.1, 0.15) is 31.2 Å². The normalized spacial score (nSPS) is 12.8. The largest absolute Gasteiger partial charge is 0.321 e. The van der Waals surface area contributed by atoms with E-state index in [9.17, 15) is 14.4 Å². The van der Waals surface area contributed by atoms with Crippen LogP contribution < -0.4 is 10.6 Å². The maximum absolute atomic E-state index is 11.9. The van der Waals surface area contributed by atoms with Crippen LogP contribution in [0.25, 0.3) is 0 Å². The quantitative estimate of drug-likeness (QED) is 0.777. The van der Waals surface area contributed by atoms with E-state index in [1.165, 1.54) is 30.7 Å². The summed E-state index contributed by atoms with van der Waals surface area (Å²) in [4.78, 5) is 42.5. The highest BCUT2D eigenvalue weighted by Crippen LogP contribution is 2.20. The lowest BCUT2D eigenvalue weighted by atomic mass is 10.1. The number of hydrogen-bond donors (Lipinski definition) is 2. The maximum Gasteiger partial charge on any atom is 0.275 e. The average Bonchev–Trinajstić information content (AvgIpc) is 2.75. The van der Waals surface area contributed by atoms with E-state index in [2.05, 4.69) is 20.6 Å². The predicted octanol–water partition coefficient (Wildman–Crippen LogP) is 0.612. The van der Waals surface area contributed by atoms with Gasteiger partial charge in [0.05, 0.1) is 17.3 Å². The first-order valence-corrected chi connectivity index (χ1v) is 5.72. The van der Waals surface area contributed by atoms with Gasteiger partial charge in [-0.3, -0.25) is 24.7 Å². The van der Waals surface area contributed by atoms with Gasteiger partial charge in [-0.25, -0.2) is 4.98 Å². The van der Waals surface area contributed by atoms with E-state index < -0.39 is 17.7 Å². The van der Waals surface area contributed by atoms with E-state index in [-0.39, 0.29) is 11.3 Å². The standard InChI is InChI=1S/C13H8N4O3/c18-11-8-2-1-7(5-9(8)12(19)17-11)16-13(20)10-6-14-3-4-15-10/h1-6H,(H,16,20)(H,17,18,19). The summed E-state index contributed by atoms with van der Waals surface area (Å²) in [7, 11) is 0. The average molecular weight is 268 g/mol. The van der Waals surface area contributed by atoms with Gasteiger partial charge in [-0.2, -0.15) is 0 Å². The Morgan fingerprint density at radius 3 is 2.65 bits per heavy atom. The summed E-state index contributed by atoms with van der Waals surface area (Å²) in [5, 5.41) is 4.77. The topological polar surface area (TPSA) is 101 Å². The highest BCUT2D eigenvalue weighted by Gasteiger charge is 2.26. The summed E-state index contributed by atoms with van der Waals surface area (Å²) < 4.78 is 0. The first-order valence-electron chi connectivity index (χ1n) is 5.72. The van der Waals surface area contributed by atoms with Gasteiger partial charge in [-0.1, -0.05) is 0 Å². The van der Waals surface area contributed by atoms with Crippen molar-refractivity contribution in [2.75, 3.05) is 5.32 Å². The molecule has 0 fully saturated rings. The Bertz CT molecular complexity index is 728. The van der Waals surface area contributed by atoms with Crippen molar-refractivity contribution in [2.24, 2.45) is 0 Å². The zero-order chi connectivity index (χ0) is 14.1. The van der Waals surface area contributed by atoms with Crippen molar-refractivity contribution >= 4 is 23.4 Å². The fraction of sp³-hybridized carbons (Fsp3) is 0. The second-order valence-corrected chi connectivity index (χ2v) is 4.09. The lowest BCUT2D eigenvalue weighted by molar-refractivity contribution is 0.0878. The van der Waals surface area contributed by atoms with Crippen LogP contribution in [0.2, 0.25) is 0 Å². The molecule has 2 aromatic rings. The predicted molar refractivity (Wildman–Crippen MR) is 68.2 cm³/mol. The van der Waals surface area contributed by atoms with Gasteiger partial charge >= 0.3 is 0 Å². The smallest absolute Gasteiger partial charge is 0.275 e. The minimum atomic E-state index is -0.472. The fourth-order valence-corrected chi connectivity index (χ4v) is 1.86. The van der Waals surface area contributed by atoms with Crippen LogP contribution in [0.5, 0.6) is 0 Å². The molecule has 1 aliphatic heterocycles. The van der Waals surface area contributed by atoms with Crippen molar-refractivity contribution in [3.05, 3.63) is 53.6 Å². The van der Waals surface area contributed by atoms with Gasteiger partial charge in [0.15, 0.2) is 0 Å². The number of hydrogen-bond acceptors (Lipinski definition) is 5. The molecule has 3 amide bonds. The molecule has 20 heavy (non-hydrogen) atoms. The molecule has 2 heterocycles. The summed E-state index contributed by atoms with van der Waals surface area (Å²) in [5.74, 6) is -1.35. The van der Waals surface area contributed by atoms with Crippen LogP contribution in [0.15, 0.2) is 36.8 Å². The first kappa shape index (κ1) is 12.0. The van der Waals surface area contributed by atoms with Crippen molar-refractivity contribution in [1.82, 2.24) is 15.3 Å². The van der Waals surface area contributed by atoms with Crippen LogP contribution >= 0.6 is 0 Å². The van der Waals surface area contributed by atoms with E-state index in [1.54, 1.807) is 6.07 Å². The molecule has 0 atom stereocenters. The minimum absolute atomic E-state index is 0.161. The zero-order valence-corrected chi connectivity index (χ0v) is 10.1. The van der Waals surface area contributed by atoms with E-state index in [4.69, 9.17) is 0 Å². The van der Waals surface area contributed by atoms with Crippen LogP contribution in [-0.4, -0.2) is 27.7 Å². The minimum Gasteiger partial charge on any atom is -0.321 e. The SMILES string of the molecule is O=C(Nc1ccc2c(c1)C(=O)NC2=O)c1cnccn1. The molecule has 1 aromatic heterocycles. The van der Waals surface area contributed by atoms with E-state index in [0.717, 1.165) is 0 Å². The van der Waals surface area contributed by atoms with Crippen molar-refractivity contribution < 1.29 is 14.4 Å². The third-order valence-corrected chi connectivity index (χ3v) is 2.79. The third-order valence-electron chi connectivity index (χ3n) is 2.79. The third kappa shape index (κ3) is 2.01. The molecule has 0 spiro atoms. The van der Waals surface area contributed by atoms with Gasteiger partial charge in [0, 0.05) is 18.1 Å². The lowest BCUT2D eigenvalue weighted by Gasteiger charge is -2.05. The highest BCUT2D eigenvalue weighted by molar-refractivity contribution is 6.22. The van der Waals surface area contributed by atoms with Crippen molar-refractivity contribution in [1.29, 1.82) is 0 Å². The number of fused-ring (bicyclic) bond motifs is 1. The summed E-state index contributed by atoms with van der Waals surface area (Å²) >= 11 is 0. The van der Waals surface area contributed by atoms with E-state index in [1.807, 2.05) is 0 Å². The molecular formula is C13H8N4O3. The van der Waals surface area contributed by atoms with Gasteiger partial charge in [-0.15, -0.1) is 0 Å². The molecule has 0 unspecified atom stereocenters. The number of nitrogens with zero attached hydrogens (tertiary/aromatic N) is 2. The lowest BCUT2D eigenvalue weighted by Crippen LogP contribution is -2.19. The number of carbonyl (C=O) groups excluding carboxylic acids is 3. The molecule has 0 saturated carbocycles. The Morgan fingerprint density at radius 2 is 1.90 bits per heavy atom. The van der Waals surface area contributed by atoms with Gasteiger partial charge < -0.3 is 5.32 Å². The number of rotatable bonds is 2. The van der Waals surface area contributed by atoms with Crippen LogP contribution in [0.3, 0.4) is 0 Å². The number of nitrogens with one attached hydrogen (secondary N) is 2. The molecule has 7 heteroatoms. The van der Waals surface area contributed by atoms with Crippen molar-refractivity contribution in [3.8, 4) is 0 Å². The van der Waals surface area contributed by atoms with Crippen LogP contribution in [0, 0.1) is 0 Å². The number of imide groups is 1. The molecule has 98 valence electrons. The second kappa shape index (κ2) is 4.54. The molecule has 1 aliphatic rings. The Balaban J connectivity index is 1.86. The van der Waals surface area contributed by atoms with Crippen molar-refractivity contribution in [3.63, 3.8) is 0 Å². The van der Waals surface area contributed by atoms with Gasteiger partial charge in [0.25, 0.3) is 17.7 Å². The van der Waals surface area contributed by atoms with Gasteiger partial charge in [0.2, 0.25) is 0 Å². The fourth-order valence-electron chi connectivity index (χ4n) is 1.86. The van der Waals surface area contributed by atoms with Gasteiger partial charge in [0.1, 0.15) is 5.69 Å². The summed E-state index contributed by atoms with van der Waals surface area (Å²) in [6.45, 7) is 0. The molecule has 0 saturated heterocycles. The van der Waals surface area contributed by atoms with E-state index in [0.29, 0.717) is 11.3 Å². The second-order valence-electron chi connectivity index (χ2n) is 4.09. The molecule has 0 aliphatic carbocycles. The monoisotopic (exact) mass is 268 g/mol. The Morgan fingerprint density at radius 1 is 1.10 bits per heavy atom. The summed E-state index contributed by atoms with van der Waals surface area (Å²) in [5.41, 5.74) is 1.11. The molecule has 3 rings (SSSR count). The number of amides is 3. The highest BCUT2D eigenvalue weighted by atomic mass is 16.2. The molecule has 1 aromatic carbocycles. The number of aromatic nitrogens is 2. The Labute approximate surface area is 113 Å². The number of carbonyl (C=O) groups is 3. The first-order chi connectivity index (χ1) is 9.65. The number of benzene rings is 1. The van der Waals surface area contributed by atoms with Crippen LogP contribution in [0.4, 0.5) is 5.69 Å². The maximum atomic E-state index is 11.9. The van der Waals surface area contributed by atoms with Crippen molar-refractivity contribution in [2.45, 2.75) is 0 Å². The van der Waals surface area contributed by atoms with Gasteiger partial charge in [-0.05, 0) is 18.2 Å². The number of anilines is 1. The molecule has 0 bridgehead atoms. The van der Waals surface area contributed by atoms with E-state index >= 15 is 0 Å². The molecule has 0 radical (unpaired) electrons. The van der Waals surface area contributed by atoms with Crippen LogP contribution in [-0.2, 0) is 0 Å². The molecule has 7 nitrogen and oxygen atoms in total. The zero-order valence-electron chi connectivity index (χ0n) is 10.1. The summed E-state index contributed by atoms with van der Waals surface area (Å²) in [6.07, 6.45) is 4.20. The summed E-state index contributed by atoms with van der Waals surface area (Å²) in [6, 6.07) is 4.48. The Hall–Kier alpha value is -3.09. The Kier molecular flexibility index (Phi) is 2.72. The molecule has 2 N–H and O–H groups in total. The molecular weight excluding hydrogens is 260 g/mol.